The van der Waals surface area contributed by atoms with Crippen molar-refractivity contribution in [1.29, 1.82) is 0 Å². The van der Waals surface area contributed by atoms with E-state index in [1.807, 2.05) is 0 Å². The molecule has 6 heteroatoms. The Morgan fingerprint density at radius 2 is 2.00 bits per heavy atom. The summed E-state index contributed by atoms with van der Waals surface area (Å²) in [6.45, 7) is 0. The van der Waals surface area contributed by atoms with Crippen LogP contribution in [0.1, 0.15) is 23.2 Å². The number of rotatable bonds is 3. The maximum Gasteiger partial charge on any atom is 0.337 e. The lowest BCUT2D eigenvalue weighted by Crippen LogP contribution is -2.36. The number of aromatic carboxylic acids is 1. The molecular weight excluding hydrogens is 286 g/mol. The van der Waals surface area contributed by atoms with Crippen molar-refractivity contribution in [2.24, 2.45) is 23.7 Å². The third-order valence-corrected chi connectivity index (χ3v) is 5.20. The molecule has 3 aliphatic rings. The van der Waals surface area contributed by atoms with E-state index in [9.17, 15) is 19.5 Å². The topological polar surface area (TPSA) is 92.7 Å². The molecule has 2 N–H and O–H groups in total. The zero-order valence-electron chi connectivity index (χ0n) is 11.7. The summed E-state index contributed by atoms with van der Waals surface area (Å²) in [5, 5.41) is 11.9. The van der Waals surface area contributed by atoms with Crippen molar-refractivity contribution in [3.05, 3.63) is 29.8 Å². The fourth-order valence-corrected chi connectivity index (χ4v) is 4.36. The molecule has 1 saturated heterocycles. The molecule has 0 unspecified atom stereocenters. The second-order valence-corrected chi connectivity index (χ2v) is 6.26. The number of amides is 1. The van der Waals surface area contributed by atoms with Gasteiger partial charge in [0.2, 0.25) is 5.91 Å². The van der Waals surface area contributed by atoms with Gasteiger partial charge in [0.1, 0.15) is 6.10 Å². The number of benzene rings is 1. The predicted molar refractivity (Wildman–Crippen MR) is 75.1 cm³/mol. The fourth-order valence-electron chi connectivity index (χ4n) is 4.36. The Bertz CT molecular complexity index is 683. The van der Waals surface area contributed by atoms with Gasteiger partial charge < -0.3 is 15.2 Å². The molecule has 2 bridgehead atoms. The second kappa shape index (κ2) is 4.56. The molecule has 5 atom stereocenters. The SMILES string of the molecule is O=C(O)c1ccccc1NC(=O)[C@@H]1[C@@H]2C[C@@H]3[C@H]1C(=O)O[C@@H]3C2. The highest BCUT2D eigenvalue weighted by molar-refractivity contribution is 6.02. The zero-order chi connectivity index (χ0) is 15.4. The summed E-state index contributed by atoms with van der Waals surface area (Å²) in [5.41, 5.74) is 0.316. The number of hydrogen-bond donors (Lipinski definition) is 2. The van der Waals surface area contributed by atoms with Gasteiger partial charge in [-0.3, -0.25) is 9.59 Å². The van der Waals surface area contributed by atoms with E-state index in [0.717, 1.165) is 12.8 Å². The molecule has 22 heavy (non-hydrogen) atoms. The van der Waals surface area contributed by atoms with Gasteiger partial charge in [0.25, 0.3) is 0 Å². The maximum atomic E-state index is 12.6. The smallest absolute Gasteiger partial charge is 0.337 e. The quantitative estimate of drug-likeness (QED) is 0.826. The van der Waals surface area contributed by atoms with Crippen LogP contribution in [0.4, 0.5) is 5.69 Å². The van der Waals surface area contributed by atoms with Gasteiger partial charge in [0.15, 0.2) is 0 Å². The summed E-state index contributed by atoms with van der Waals surface area (Å²) in [5.74, 6) is -2.10. The minimum atomic E-state index is -1.09. The number of nitrogens with one attached hydrogen (secondary N) is 1. The first-order chi connectivity index (χ1) is 10.6. The van der Waals surface area contributed by atoms with E-state index in [1.54, 1.807) is 18.2 Å². The average Bonchev–Trinajstić information content (AvgIpc) is 3.08. The van der Waals surface area contributed by atoms with Gasteiger partial charge in [-0.15, -0.1) is 0 Å². The number of carboxylic acids is 1. The lowest BCUT2D eigenvalue weighted by Gasteiger charge is -2.23. The minimum Gasteiger partial charge on any atom is -0.478 e. The number of hydrogen-bond acceptors (Lipinski definition) is 4. The molecule has 114 valence electrons. The molecule has 2 saturated carbocycles. The van der Waals surface area contributed by atoms with Crippen LogP contribution in [-0.2, 0) is 14.3 Å². The molecule has 1 aliphatic heterocycles. The molecule has 1 aromatic rings. The van der Waals surface area contributed by atoms with E-state index in [1.165, 1.54) is 6.07 Å². The predicted octanol–water partition coefficient (Wildman–Crippen LogP) is 1.52. The van der Waals surface area contributed by atoms with Gasteiger partial charge in [-0.1, -0.05) is 12.1 Å². The van der Waals surface area contributed by atoms with Crippen LogP contribution in [0, 0.1) is 23.7 Å². The number of carboxylic acid groups (broad SMARTS) is 1. The Hall–Kier alpha value is -2.37. The Balaban J connectivity index is 1.59. The Labute approximate surface area is 126 Å². The molecule has 2 aliphatic carbocycles. The Morgan fingerprint density at radius 1 is 1.23 bits per heavy atom. The van der Waals surface area contributed by atoms with E-state index in [4.69, 9.17) is 4.74 Å². The van der Waals surface area contributed by atoms with Crippen LogP contribution in [0.2, 0.25) is 0 Å². The summed E-state index contributed by atoms with van der Waals surface area (Å²) in [7, 11) is 0. The molecule has 1 heterocycles. The highest BCUT2D eigenvalue weighted by Gasteiger charge is 2.63. The van der Waals surface area contributed by atoms with Crippen molar-refractivity contribution in [2.75, 3.05) is 5.32 Å². The third kappa shape index (κ3) is 1.76. The van der Waals surface area contributed by atoms with Crippen LogP contribution < -0.4 is 5.32 Å². The van der Waals surface area contributed by atoms with E-state index in [-0.39, 0.29) is 47.0 Å². The molecule has 6 nitrogen and oxygen atoms in total. The van der Waals surface area contributed by atoms with E-state index in [2.05, 4.69) is 5.32 Å². The highest BCUT2D eigenvalue weighted by atomic mass is 16.6. The van der Waals surface area contributed by atoms with Crippen molar-refractivity contribution in [2.45, 2.75) is 18.9 Å². The van der Waals surface area contributed by atoms with E-state index < -0.39 is 11.9 Å². The third-order valence-electron chi connectivity index (χ3n) is 5.20. The average molecular weight is 301 g/mol. The van der Waals surface area contributed by atoms with E-state index >= 15 is 0 Å². The molecule has 0 spiro atoms. The molecular formula is C16H15NO5. The Kier molecular flexibility index (Phi) is 2.76. The first kappa shape index (κ1) is 13.3. The fraction of sp³-hybridized carbons (Fsp3) is 0.438. The summed E-state index contributed by atoms with van der Waals surface area (Å²) in [6, 6.07) is 6.28. The lowest BCUT2D eigenvalue weighted by atomic mass is 9.79. The van der Waals surface area contributed by atoms with Crippen LogP contribution in [0.15, 0.2) is 24.3 Å². The van der Waals surface area contributed by atoms with Crippen molar-refractivity contribution >= 4 is 23.5 Å². The van der Waals surface area contributed by atoms with Gasteiger partial charge in [-0.05, 0) is 30.9 Å². The Morgan fingerprint density at radius 3 is 2.77 bits per heavy atom. The van der Waals surface area contributed by atoms with Gasteiger partial charge in [0.05, 0.1) is 23.1 Å². The van der Waals surface area contributed by atoms with Crippen molar-refractivity contribution in [3.8, 4) is 0 Å². The molecule has 1 amide bonds. The number of fused-ring (bicyclic) bond motifs is 1. The standard InChI is InChI=1S/C16H15NO5/c18-14(17-10-4-2-1-3-8(10)15(19)20)12-7-5-9-11(6-7)22-16(21)13(9)12/h1-4,7,9,11-13H,5-6H2,(H,17,18)(H,19,20)/t7-,9+,11-,12-,13-/m1/s1. The van der Waals surface area contributed by atoms with E-state index in [0.29, 0.717) is 0 Å². The minimum absolute atomic E-state index is 0.0159. The van der Waals surface area contributed by atoms with Gasteiger partial charge in [-0.2, -0.15) is 0 Å². The van der Waals surface area contributed by atoms with Crippen LogP contribution in [0.3, 0.4) is 0 Å². The normalized spacial score (nSPS) is 34.5. The lowest BCUT2D eigenvalue weighted by molar-refractivity contribution is -0.145. The second-order valence-electron chi connectivity index (χ2n) is 6.26. The number of carbonyl (C=O) groups is 3. The molecule has 1 aromatic carbocycles. The van der Waals surface area contributed by atoms with Crippen LogP contribution in [0.25, 0.3) is 0 Å². The number of para-hydroxylation sites is 1. The molecule has 3 fully saturated rings. The largest absolute Gasteiger partial charge is 0.478 e. The van der Waals surface area contributed by atoms with Crippen LogP contribution in [0.5, 0.6) is 0 Å². The summed E-state index contributed by atoms with van der Waals surface area (Å²) < 4.78 is 5.32. The number of ether oxygens (including phenoxy) is 1. The first-order valence-electron chi connectivity index (χ1n) is 7.40. The van der Waals surface area contributed by atoms with Gasteiger partial charge in [0, 0.05) is 5.92 Å². The highest BCUT2D eigenvalue weighted by Crippen LogP contribution is 2.57. The molecule has 0 radical (unpaired) electrons. The van der Waals surface area contributed by atoms with Crippen molar-refractivity contribution in [1.82, 2.24) is 0 Å². The first-order valence-corrected chi connectivity index (χ1v) is 7.40. The maximum absolute atomic E-state index is 12.6. The zero-order valence-corrected chi connectivity index (χ0v) is 11.7. The summed E-state index contributed by atoms with van der Waals surface area (Å²) in [4.78, 5) is 35.7. The van der Waals surface area contributed by atoms with Crippen LogP contribution >= 0.6 is 0 Å². The van der Waals surface area contributed by atoms with Crippen molar-refractivity contribution in [3.63, 3.8) is 0 Å². The summed E-state index contributed by atoms with van der Waals surface area (Å²) >= 11 is 0. The number of anilines is 1. The van der Waals surface area contributed by atoms with Gasteiger partial charge in [-0.25, -0.2) is 4.79 Å². The number of carbonyl (C=O) groups excluding carboxylic acids is 2. The van der Waals surface area contributed by atoms with Crippen LogP contribution in [-0.4, -0.2) is 29.1 Å². The summed E-state index contributed by atoms with van der Waals surface area (Å²) in [6.07, 6.45) is 1.57. The number of esters is 1. The van der Waals surface area contributed by atoms with Crippen molar-refractivity contribution < 1.29 is 24.2 Å². The molecule has 4 rings (SSSR count). The monoisotopic (exact) mass is 301 g/mol. The molecule has 0 aromatic heterocycles. The van der Waals surface area contributed by atoms with Gasteiger partial charge >= 0.3 is 11.9 Å².